The van der Waals surface area contributed by atoms with Crippen molar-refractivity contribution in [3.8, 4) is 0 Å². The van der Waals surface area contributed by atoms with Crippen LogP contribution in [0.2, 0.25) is 6.55 Å². The van der Waals surface area contributed by atoms with E-state index in [1.165, 1.54) is 39.1 Å². The molecule has 3 radical (unpaired) electrons. The minimum atomic E-state index is 0. The number of halogens is 2. The summed E-state index contributed by atoms with van der Waals surface area (Å²) >= 11 is 0. The van der Waals surface area contributed by atoms with Gasteiger partial charge in [0.1, 0.15) is 0 Å². The number of hydrogen-bond acceptors (Lipinski definition) is 0. The number of fused-ring (bicyclic) bond motifs is 2. The largest absolute Gasteiger partial charge is 4.00 e. The molecule has 0 unspecified atom stereocenters. The van der Waals surface area contributed by atoms with Gasteiger partial charge in [0.05, 0.1) is 0 Å². The van der Waals surface area contributed by atoms with Gasteiger partial charge in [-0.25, -0.2) is 0 Å². The predicted molar refractivity (Wildman–Crippen MR) is 125 cm³/mol. The Hall–Kier alpha value is -0.660. The van der Waals surface area contributed by atoms with Crippen molar-refractivity contribution in [1.82, 2.24) is 0 Å². The second-order valence-electron chi connectivity index (χ2n) is 6.40. The Balaban J connectivity index is -0.000000371. The molecule has 0 bridgehead atoms. The maximum Gasteiger partial charge on any atom is 4.00 e. The molecule has 4 aromatic rings. The van der Waals surface area contributed by atoms with Gasteiger partial charge in [0, 0.05) is 10.2 Å². The average molecular weight is 536 g/mol. The fraction of sp³-hybridized carbons (Fsp3) is 0.308. The molecule has 0 aromatic heterocycles. The molecule has 0 atom stereocenters. The Morgan fingerprint density at radius 2 is 0.933 bits per heavy atom. The van der Waals surface area contributed by atoms with Crippen molar-refractivity contribution in [3.05, 3.63) is 83.9 Å². The minimum absolute atomic E-state index is 0. The van der Waals surface area contributed by atoms with Gasteiger partial charge in [0.15, 0.2) is 0 Å². The van der Waals surface area contributed by atoms with Crippen molar-refractivity contribution in [2.45, 2.75) is 53.5 Å². The molecule has 0 saturated heterocycles. The van der Waals surface area contributed by atoms with Gasteiger partial charge in [-0.1, -0.05) is 52.8 Å². The topological polar surface area (TPSA) is 0 Å². The van der Waals surface area contributed by atoms with Gasteiger partial charge < -0.3 is 24.8 Å². The van der Waals surface area contributed by atoms with Gasteiger partial charge in [0.25, 0.3) is 0 Å². The molecular weight excluding hydrogens is 503 g/mol. The van der Waals surface area contributed by atoms with Crippen molar-refractivity contribution < 1.29 is 51.0 Å². The molecule has 0 heterocycles. The van der Waals surface area contributed by atoms with Crippen LogP contribution < -0.4 is 24.8 Å². The summed E-state index contributed by atoms with van der Waals surface area (Å²) in [6.45, 7) is 10.4. The molecule has 0 aliphatic rings. The first kappa shape index (κ1) is 34.0. The molecule has 159 valence electrons. The minimum Gasteiger partial charge on any atom is -1.00 e. The van der Waals surface area contributed by atoms with Crippen molar-refractivity contribution in [2.75, 3.05) is 0 Å². The molecule has 0 N–H and O–H groups in total. The first-order valence-corrected chi connectivity index (χ1v) is 11.0. The Kier molecular flexibility index (Phi) is 22.9. The summed E-state index contributed by atoms with van der Waals surface area (Å²) < 4.78 is 0. The Morgan fingerprint density at radius 1 is 0.633 bits per heavy atom. The summed E-state index contributed by atoms with van der Waals surface area (Å²) in [7, 11) is 2.97. The summed E-state index contributed by atoms with van der Waals surface area (Å²) in [4.78, 5) is 0. The van der Waals surface area contributed by atoms with Crippen molar-refractivity contribution in [2.24, 2.45) is 0 Å². The van der Waals surface area contributed by atoms with E-state index < -0.39 is 0 Å². The normalized spacial score (nSPS) is 8.60. The average Bonchev–Trinajstić information content (AvgIpc) is 3.34. The third-order valence-electron chi connectivity index (χ3n) is 4.17. The Bertz CT molecular complexity index is 756. The van der Waals surface area contributed by atoms with Crippen LogP contribution in [0.25, 0.3) is 21.5 Å². The Labute approximate surface area is 218 Å². The van der Waals surface area contributed by atoms with E-state index in [2.05, 4.69) is 111 Å². The monoisotopic (exact) mass is 533 g/mol. The molecule has 4 rings (SSSR count). The summed E-state index contributed by atoms with van der Waals surface area (Å²) in [6, 6.07) is 26.0. The van der Waals surface area contributed by atoms with Gasteiger partial charge in [-0.05, 0) is 12.8 Å². The second-order valence-corrected chi connectivity index (χ2v) is 6.40. The van der Waals surface area contributed by atoms with E-state index in [1.807, 2.05) is 0 Å². The first-order valence-electron chi connectivity index (χ1n) is 10.00. The van der Waals surface area contributed by atoms with Crippen LogP contribution in [-0.4, -0.2) is 10.2 Å². The number of aryl methyl sites for hydroxylation is 2. The van der Waals surface area contributed by atoms with Gasteiger partial charge in [0.2, 0.25) is 0 Å². The number of hydrogen-bond donors (Lipinski definition) is 0. The maximum absolute atomic E-state index is 2.97. The van der Waals surface area contributed by atoms with Crippen LogP contribution in [0.3, 0.4) is 0 Å². The Morgan fingerprint density at radius 3 is 1.20 bits per heavy atom. The molecule has 0 spiro atoms. The van der Waals surface area contributed by atoms with Gasteiger partial charge in [-0.15, -0.1) is 81.2 Å². The van der Waals surface area contributed by atoms with Gasteiger partial charge in [-0.2, -0.15) is 12.1 Å². The zero-order valence-corrected chi connectivity index (χ0v) is 23.8. The van der Waals surface area contributed by atoms with Gasteiger partial charge >= 0.3 is 26.2 Å². The summed E-state index contributed by atoms with van der Waals surface area (Å²) in [5.74, 6) is 0. The maximum atomic E-state index is 2.97. The van der Waals surface area contributed by atoms with Gasteiger partial charge in [-0.3, -0.25) is 0 Å². The van der Waals surface area contributed by atoms with Crippen molar-refractivity contribution >= 4 is 31.8 Å². The van der Waals surface area contributed by atoms with E-state index in [4.69, 9.17) is 0 Å². The second kappa shape index (κ2) is 20.3. The standard InChI is InChI=1S/2C11H11.C3H8.CH3Si.2ClH.Zr/c2*1-2-9-7-10-5-3-4-6-11(10)8-9;1-3-2;1-2;;;/h2*3-8H,2H2,1H3;3H2,1-2H3;1H3;2*1H;/q2*-1;;;;;+4/p-2. The smallest absolute Gasteiger partial charge is 1.00 e. The van der Waals surface area contributed by atoms with E-state index in [9.17, 15) is 0 Å². The SMILES string of the molecule is CCC.CCc1cc2ccccc2[cH-]1.CCc1cc2ccccc2[cH-]1.C[Si].[Cl-].[Cl-].[Zr+4]. The van der Waals surface area contributed by atoms with Crippen LogP contribution in [0.15, 0.2) is 72.8 Å². The van der Waals surface area contributed by atoms with Crippen LogP contribution in [0.5, 0.6) is 0 Å². The molecule has 0 aliphatic carbocycles. The van der Waals surface area contributed by atoms with Crippen molar-refractivity contribution in [1.29, 1.82) is 0 Å². The number of rotatable bonds is 2. The molecule has 0 aliphatic heterocycles. The molecule has 0 fully saturated rings. The van der Waals surface area contributed by atoms with Crippen LogP contribution in [-0.2, 0) is 39.0 Å². The van der Waals surface area contributed by atoms with E-state index in [-0.39, 0.29) is 51.0 Å². The zero-order valence-electron chi connectivity index (χ0n) is 18.8. The van der Waals surface area contributed by atoms with E-state index in [0.717, 1.165) is 12.8 Å². The zero-order chi connectivity index (χ0) is 20.1. The quantitative estimate of drug-likeness (QED) is 0.272. The van der Waals surface area contributed by atoms with Crippen LogP contribution in [0, 0.1) is 0 Å². The fourth-order valence-electron chi connectivity index (χ4n) is 2.84. The van der Waals surface area contributed by atoms with Crippen LogP contribution in [0.4, 0.5) is 0 Å². The van der Waals surface area contributed by atoms with E-state index in [0.29, 0.717) is 0 Å². The van der Waals surface area contributed by atoms with Crippen molar-refractivity contribution in [3.63, 3.8) is 0 Å². The van der Waals surface area contributed by atoms with E-state index in [1.54, 1.807) is 6.55 Å². The third-order valence-corrected chi connectivity index (χ3v) is 4.17. The van der Waals surface area contributed by atoms with E-state index >= 15 is 0 Å². The molecule has 0 amide bonds. The summed E-state index contributed by atoms with van der Waals surface area (Å²) in [6.07, 6.45) is 3.52. The molecule has 4 heteroatoms. The van der Waals surface area contributed by atoms with Crippen LogP contribution >= 0.6 is 0 Å². The fourth-order valence-corrected chi connectivity index (χ4v) is 2.84. The number of benzene rings is 2. The molecule has 4 aromatic carbocycles. The summed E-state index contributed by atoms with van der Waals surface area (Å²) in [5.41, 5.74) is 2.87. The summed E-state index contributed by atoms with van der Waals surface area (Å²) in [5, 5.41) is 5.46. The third kappa shape index (κ3) is 11.1. The van der Waals surface area contributed by atoms with Crippen LogP contribution in [0.1, 0.15) is 45.2 Å². The molecule has 0 nitrogen and oxygen atoms in total. The molecule has 0 saturated carbocycles. The molecule has 30 heavy (non-hydrogen) atoms. The predicted octanol–water partition coefficient (Wildman–Crippen LogP) is 1.87. The molecular formula is C26H33Cl2SiZr. The first-order chi connectivity index (χ1) is 13.2.